The number of benzene rings is 1. The molecule has 4 heterocycles. The number of aromatic nitrogens is 2. The van der Waals surface area contributed by atoms with Crippen molar-refractivity contribution in [3.63, 3.8) is 0 Å². The van der Waals surface area contributed by atoms with Crippen LogP contribution in [0, 0.1) is 5.82 Å². The van der Waals surface area contributed by atoms with Crippen molar-refractivity contribution in [3.8, 4) is 5.75 Å². The monoisotopic (exact) mass is 531 g/mol. The number of ether oxygens (including phenoxy) is 2. The molecule has 0 spiro atoms. The molecule has 2 atom stereocenters. The molecule has 12 heteroatoms. The van der Waals surface area contributed by atoms with Crippen LogP contribution in [0.3, 0.4) is 0 Å². The highest BCUT2D eigenvalue weighted by Gasteiger charge is 2.29. The number of fused-ring (bicyclic) bond motifs is 1. The van der Waals surface area contributed by atoms with Gasteiger partial charge in [-0.1, -0.05) is 6.92 Å². The summed E-state index contributed by atoms with van der Waals surface area (Å²) in [5, 5.41) is 4.20. The number of carbonyl (C=O) groups excluding carboxylic acids is 1. The summed E-state index contributed by atoms with van der Waals surface area (Å²) in [4.78, 5) is 15.0. The third kappa shape index (κ3) is 5.27. The highest BCUT2D eigenvalue weighted by molar-refractivity contribution is 7.87. The van der Waals surface area contributed by atoms with Gasteiger partial charge >= 0.3 is 10.2 Å². The molecule has 2 fully saturated rings. The van der Waals surface area contributed by atoms with Crippen molar-refractivity contribution in [2.75, 3.05) is 38.3 Å². The zero-order valence-corrected chi connectivity index (χ0v) is 21.6. The lowest BCUT2D eigenvalue weighted by atomic mass is 10.0. The van der Waals surface area contributed by atoms with Gasteiger partial charge in [-0.15, -0.1) is 0 Å². The number of amides is 1. The van der Waals surface area contributed by atoms with E-state index in [0.29, 0.717) is 24.5 Å². The predicted octanol–water partition coefficient (Wildman–Crippen LogP) is 2.91. The van der Waals surface area contributed by atoms with E-state index in [1.165, 1.54) is 29.9 Å². The zero-order valence-electron chi connectivity index (χ0n) is 20.8. The topological polar surface area (TPSA) is 105 Å². The number of nitrogens with zero attached hydrogens (tertiary/aromatic N) is 4. The molecule has 2 aliphatic heterocycles. The van der Waals surface area contributed by atoms with E-state index < -0.39 is 16.1 Å². The summed E-state index contributed by atoms with van der Waals surface area (Å²) in [5.74, 6) is -0.629. The SMILES string of the molecule is CCN(C)S(=O)(=O)NC(=O)c1cnn2ccc(N3CCC[C@@H]3c3cc(F)cc(O[C@@H]4CCOC4)c3)cc12. The molecule has 0 saturated carbocycles. The average molecular weight is 532 g/mol. The summed E-state index contributed by atoms with van der Waals surface area (Å²) in [6.45, 7) is 3.78. The standard InChI is InChI=1S/C25H30FN5O5S/c1-3-29(2)37(33,34)28-25(32)22-15-27-31-9-6-19(14-24(22)31)30-8-4-5-23(30)17-11-18(26)13-21(12-17)36-20-7-10-35-16-20/h6,9,11-15,20,23H,3-5,7-8,10,16H2,1-2H3,(H,28,32)/t20-,23-/m1/s1. The Morgan fingerprint density at radius 1 is 1.30 bits per heavy atom. The Morgan fingerprint density at radius 2 is 2.14 bits per heavy atom. The largest absolute Gasteiger partial charge is 0.488 e. The van der Waals surface area contributed by atoms with Crippen LogP contribution < -0.4 is 14.4 Å². The Hall–Kier alpha value is -3.22. The second-order valence-electron chi connectivity index (χ2n) is 9.30. The number of pyridine rings is 1. The number of halogens is 1. The van der Waals surface area contributed by atoms with E-state index in [2.05, 4.69) is 14.7 Å². The number of hydrogen-bond donors (Lipinski definition) is 1. The number of carbonyl (C=O) groups is 1. The molecule has 3 aromatic rings. The first-order valence-corrected chi connectivity index (χ1v) is 13.8. The first kappa shape index (κ1) is 25.4. The second kappa shape index (κ2) is 10.3. The highest BCUT2D eigenvalue weighted by Crippen LogP contribution is 2.38. The van der Waals surface area contributed by atoms with Gasteiger partial charge in [-0.25, -0.2) is 13.6 Å². The number of nitrogens with one attached hydrogen (secondary N) is 1. The lowest BCUT2D eigenvalue weighted by Gasteiger charge is -2.28. The normalized spacial score (nSPS) is 20.2. The minimum atomic E-state index is -3.96. The third-order valence-electron chi connectivity index (χ3n) is 6.88. The quantitative estimate of drug-likeness (QED) is 0.477. The van der Waals surface area contributed by atoms with Crippen LogP contribution in [0.25, 0.3) is 5.52 Å². The zero-order chi connectivity index (χ0) is 26.2. The minimum absolute atomic E-state index is 0.0795. The maximum atomic E-state index is 14.6. The van der Waals surface area contributed by atoms with Crippen molar-refractivity contribution in [3.05, 3.63) is 59.7 Å². The summed E-state index contributed by atoms with van der Waals surface area (Å²) < 4.78 is 55.3. The molecule has 2 aromatic heterocycles. The lowest BCUT2D eigenvalue weighted by Crippen LogP contribution is -2.41. The van der Waals surface area contributed by atoms with Crippen LogP contribution in [0.15, 0.2) is 42.7 Å². The van der Waals surface area contributed by atoms with E-state index in [9.17, 15) is 17.6 Å². The predicted molar refractivity (Wildman–Crippen MR) is 135 cm³/mol. The molecule has 0 radical (unpaired) electrons. The Balaban J connectivity index is 1.42. The number of hydrogen-bond acceptors (Lipinski definition) is 7. The summed E-state index contributed by atoms with van der Waals surface area (Å²) in [6, 6.07) is 8.42. The van der Waals surface area contributed by atoms with Gasteiger partial charge in [0.25, 0.3) is 5.91 Å². The number of rotatable bonds is 8. The maximum absolute atomic E-state index is 14.6. The Morgan fingerprint density at radius 3 is 2.89 bits per heavy atom. The van der Waals surface area contributed by atoms with Gasteiger partial charge in [-0.05, 0) is 42.7 Å². The van der Waals surface area contributed by atoms with Gasteiger partial charge in [-0.3, -0.25) is 4.79 Å². The Kier molecular flexibility index (Phi) is 7.06. The van der Waals surface area contributed by atoms with Crippen molar-refractivity contribution in [1.29, 1.82) is 0 Å². The van der Waals surface area contributed by atoms with Gasteiger partial charge in [0, 0.05) is 44.5 Å². The molecular weight excluding hydrogens is 501 g/mol. The fourth-order valence-corrected chi connectivity index (χ4v) is 5.65. The summed E-state index contributed by atoms with van der Waals surface area (Å²) in [7, 11) is -2.57. The molecule has 1 amide bonds. The maximum Gasteiger partial charge on any atom is 0.303 e. The molecule has 0 bridgehead atoms. The average Bonchev–Trinajstić information content (AvgIpc) is 3.63. The van der Waals surface area contributed by atoms with E-state index in [0.717, 1.165) is 41.4 Å². The van der Waals surface area contributed by atoms with Gasteiger partial charge in [0.05, 0.1) is 36.5 Å². The molecule has 198 valence electrons. The second-order valence-corrected chi connectivity index (χ2v) is 11.1. The van der Waals surface area contributed by atoms with Crippen molar-refractivity contribution in [2.45, 2.75) is 38.3 Å². The van der Waals surface area contributed by atoms with Crippen LogP contribution in [0.1, 0.15) is 48.1 Å². The van der Waals surface area contributed by atoms with E-state index in [1.54, 1.807) is 13.1 Å². The van der Waals surface area contributed by atoms with Gasteiger partial charge in [0.15, 0.2) is 0 Å². The van der Waals surface area contributed by atoms with Crippen LogP contribution in [0.5, 0.6) is 5.75 Å². The smallest absolute Gasteiger partial charge is 0.303 e. The van der Waals surface area contributed by atoms with Gasteiger partial charge < -0.3 is 14.4 Å². The van der Waals surface area contributed by atoms with Gasteiger partial charge in [-0.2, -0.15) is 17.8 Å². The third-order valence-corrected chi connectivity index (χ3v) is 8.40. The van der Waals surface area contributed by atoms with E-state index in [4.69, 9.17) is 9.47 Å². The van der Waals surface area contributed by atoms with E-state index in [1.807, 2.05) is 18.2 Å². The van der Waals surface area contributed by atoms with Crippen molar-refractivity contribution < 1.29 is 27.1 Å². The highest BCUT2D eigenvalue weighted by atomic mass is 32.2. The lowest BCUT2D eigenvalue weighted by molar-refractivity contribution is 0.0981. The van der Waals surface area contributed by atoms with Gasteiger partial charge in [0.2, 0.25) is 0 Å². The van der Waals surface area contributed by atoms with Crippen LogP contribution in [-0.4, -0.2) is 67.7 Å². The van der Waals surface area contributed by atoms with E-state index in [-0.39, 0.29) is 30.1 Å². The molecule has 2 aliphatic rings. The molecule has 1 N–H and O–H groups in total. The molecule has 1 aromatic carbocycles. The van der Waals surface area contributed by atoms with Crippen LogP contribution in [-0.2, 0) is 14.9 Å². The summed E-state index contributed by atoms with van der Waals surface area (Å²) >= 11 is 0. The van der Waals surface area contributed by atoms with Crippen molar-refractivity contribution >= 4 is 27.3 Å². The molecule has 10 nitrogen and oxygen atoms in total. The van der Waals surface area contributed by atoms with Crippen LogP contribution in [0.4, 0.5) is 10.1 Å². The van der Waals surface area contributed by atoms with Crippen LogP contribution >= 0.6 is 0 Å². The van der Waals surface area contributed by atoms with Gasteiger partial charge in [0.1, 0.15) is 17.7 Å². The molecule has 0 unspecified atom stereocenters. The Labute approximate surface area is 215 Å². The van der Waals surface area contributed by atoms with E-state index >= 15 is 0 Å². The molecule has 2 saturated heterocycles. The fourth-order valence-electron chi connectivity index (χ4n) is 4.81. The molecule has 5 rings (SSSR count). The first-order chi connectivity index (χ1) is 17.7. The summed E-state index contributed by atoms with van der Waals surface area (Å²) in [6.07, 6.45) is 5.51. The summed E-state index contributed by atoms with van der Waals surface area (Å²) in [5.41, 5.74) is 2.26. The fraction of sp³-hybridized carbons (Fsp3) is 0.440. The Bertz CT molecular complexity index is 1410. The first-order valence-electron chi connectivity index (χ1n) is 12.3. The minimum Gasteiger partial charge on any atom is -0.488 e. The van der Waals surface area contributed by atoms with Crippen molar-refractivity contribution in [2.24, 2.45) is 0 Å². The van der Waals surface area contributed by atoms with Crippen LogP contribution in [0.2, 0.25) is 0 Å². The molecule has 37 heavy (non-hydrogen) atoms. The van der Waals surface area contributed by atoms with Crippen molar-refractivity contribution in [1.82, 2.24) is 18.6 Å². The number of anilines is 1. The molecular formula is C25H30FN5O5S. The molecule has 0 aliphatic carbocycles.